The van der Waals surface area contributed by atoms with E-state index in [2.05, 4.69) is 12.1 Å². The summed E-state index contributed by atoms with van der Waals surface area (Å²) in [6.45, 7) is 2.24. The molecule has 20 heavy (non-hydrogen) atoms. The fraction of sp³-hybridized carbons (Fsp3) is 0.533. The van der Waals surface area contributed by atoms with Crippen LogP contribution >= 0.6 is 11.6 Å². The molecular formula is C15H21ClN2O2. The maximum Gasteiger partial charge on any atom is 0.175 e. The highest BCUT2D eigenvalue weighted by Crippen LogP contribution is 2.32. The second-order valence-electron chi connectivity index (χ2n) is 5.27. The maximum atomic E-state index is 8.86. The van der Waals surface area contributed by atoms with E-state index in [1.807, 2.05) is 12.1 Å². The molecular weight excluding hydrogens is 276 g/mol. The predicted molar refractivity (Wildman–Crippen MR) is 80.6 cm³/mol. The topological polar surface area (TPSA) is 67.8 Å². The van der Waals surface area contributed by atoms with Gasteiger partial charge in [-0.3, -0.25) is 0 Å². The number of hydrogen-bond donors (Lipinski definition) is 2. The molecule has 5 heteroatoms. The largest absolute Gasteiger partial charge is 0.490 e. The molecule has 1 saturated carbocycles. The van der Waals surface area contributed by atoms with Gasteiger partial charge in [0.05, 0.1) is 16.7 Å². The van der Waals surface area contributed by atoms with E-state index in [-0.39, 0.29) is 11.9 Å². The molecule has 0 saturated heterocycles. The van der Waals surface area contributed by atoms with Gasteiger partial charge in [-0.15, -0.1) is 0 Å². The summed E-state index contributed by atoms with van der Waals surface area (Å²) in [6, 6.07) is 5.32. The Morgan fingerprint density at radius 1 is 1.40 bits per heavy atom. The number of rotatable bonds is 4. The second kappa shape index (κ2) is 6.84. The lowest BCUT2D eigenvalue weighted by atomic mass is 9.86. The van der Waals surface area contributed by atoms with Gasteiger partial charge in [-0.2, -0.15) is 0 Å². The molecule has 1 aromatic carbocycles. The van der Waals surface area contributed by atoms with Gasteiger partial charge in [0.1, 0.15) is 5.75 Å². The van der Waals surface area contributed by atoms with Crippen LogP contribution in [0.2, 0.25) is 5.02 Å². The number of amidine groups is 1. The lowest BCUT2D eigenvalue weighted by molar-refractivity contribution is 0.129. The lowest BCUT2D eigenvalue weighted by Crippen LogP contribution is -2.25. The van der Waals surface area contributed by atoms with Gasteiger partial charge in [0, 0.05) is 0 Å². The molecule has 1 aliphatic rings. The van der Waals surface area contributed by atoms with E-state index in [4.69, 9.17) is 27.3 Å². The Bertz CT molecular complexity index is 483. The quantitative estimate of drug-likeness (QED) is 0.384. The molecule has 0 amide bonds. The number of benzene rings is 1. The van der Waals surface area contributed by atoms with Crippen LogP contribution in [0.5, 0.6) is 5.75 Å². The fourth-order valence-electron chi connectivity index (χ4n) is 2.74. The van der Waals surface area contributed by atoms with Crippen LogP contribution in [0.15, 0.2) is 23.4 Å². The van der Waals surface area contributed by atoms with Crippen LogP contribution < -0.4 is 10.5 Å². The van der Waals surface area contributed by atoms with Gasteiger partial charge in [0.15, 0.2) is 5.84 Å². The van der Waals surface area contributed by atoms with Crippen molar-refractivity contribution < 1.29 is 9.94 Å². The molecule has 0 aromatic heterocycles. The smallest absolute Gasteiger partial charge is 0.175 e. The monoisotopic (exact) mass is 296 g/mol. The number of oxime groups is 1. The van der Waals surface area contributed by atoms with E-state index < -0.39 is 0 Å². The molecule has 0 radical (unpaired) electrons. The third-order valence-electron chi connectivity index (χ3n) is 4.00. The highest BCUT2D eigenvalue weighted by molar-refractivity contribution is 6.34. The maximum absolute atomic E-state index is 8.86. The Labute approximate surface area is 124 Å². The first-order chi connectivity index (χ1) is 9.65. The van der Waals surface area contributed by atoms with E-state index >= 15 is 0 Å². The van der Waals surface area contributed by atoms with Crippen LogP contribution in [0.4, 0.5) is 0 Å². The summed E-state index contributed by atoms with van der Waals surface area (Å²) in [5.41, 5.74) is 6.15. The first kappa shape index (κ1) is 15.0. The Hall–Kier alpha value is -1.42. The zero-order chi connectivity index (χ0) is 14.5. The Morgan fingerprint density at radius 2 is 2.10 bits per heavy atom. The van der Waals surface area contributed by atoms with Crippen LogP contribution in [0.3, 0.4) is 0 Å². The van der Waals surface area contributed by atoms with Gasteiger partial charge >= 0.3 is 0 Å². The van der Waals surface area contributed by atoms with Gasteiger partial charge in [-0.25, -0.2) is 0 Å². The van der Waals surface area contributed by atoms with Crippen molar-refractivity contribution in [2.45, 2.75) is 45.1 Å². The van der Waals surface area contributed by atoms with Crippen LogP contribution in [-0.2, 0) is 0 Å². The molecule has 0 bridgehead atoms. The van der Waals surface area contributed by atoms with Gasteiger partial charge in [-0.05, 0) is 43.7 Å². The average Bonchev–Trinajstić information content (AvgIpc) is 2.47. The Balaban J connectivity index is 2.12. The molecule has 0 spiro atoms. The molecule has 1 aliphatic carbocycles. The average molecular weight is 297 g/mol. The Kier molecular flexibility index (Phi) is 5.12. The van der Waals surface area contributed by atoms with E-state index in [1.54, 1.807) is 6.07 Å². The first-order valence-electron chi connectivity index (χ1n) is 7.08. The molecule has 2 rings (SSSR count). The normalized spacial score (nSPS) is 23.6. The fourth-order valence-corrected chi connectivity index (χ4v) is 3.00. The third-order valence-corrected chi connectivity index (χ3v) is 4.32. The van der Waals surface area contributed by atoms with Gasteiger partial charge in [0.25, 0.3) is 0 Å². The van der Waals surface area contributed by atoms with Gasteiger partial charge < -0.3 is 15.7 Å². The minimum atomic E-state index is -0.0205. The van der Waals surface area contributed by atoms with Crippen molar-refractivity contribution in [3.8, 4) is 5.75 Å². The van der Waals surface area contributed by atoms with Crippen molar-refractivity contribution in [3.05, 3.63) is 28.8 Å². The number of ether oxygens (including phenoxy) is 1. The van der Waals surface area contributed by atoms with Crippen LogP contribution in [0.25, 0.3) is 0 Å². The molecule has 0 unspecified atom stereocenters. The molecule has 1 aromatic rings. The predicted octanol–water partition coefficient (Wildman–Crippen LogP) is 3.78. The minimum absolute atomic E-state index is 0.0205. The molecule has 110 valence electrons. The summed E-state index contributed by atoms with van der Waals surface area (Å²) in [7, 11) is 0. The van der Waals surface area contributed by atoms with Crippen molar-refractivity contribution in [2.24, 2.45) is 16.8 Å². The summed E-state index contributed by atoms with van der Waals surface area (Å²) >= 11 is 6.11. The zero-order valence-corrected chi connectivity index (χ0v) is 12.4. The van der Waals surface area contributed by atoms with Crippen LogP contribution in [-0.4, -0.2) is 17.1 Å². The molecule has 4 nitrogen and oxygen atoms in total. The number of halogens is 1. The number of hydrogen-bond acceptors (Lipinski definition) is 3. The SMILES string of the molecule is CCC1CCC(Oc2cccc(Cl)c2/C(N)=N/O)CC1. The summed E-state index contributed by atoms with van der Waals surface area (Å²) in [5, 5.41) is 12.3. The number of nitrogens with two attached hydrogens (primary N) is 1. The molecule has 0 atom stereocenters. The molecule has 3 N–H and O–H groups in total. The van der Waals surface area contributed by atoms with Crippen molar-refractivity contribution in [1.82, 2.24) is 0 Å². The van der Waals surface area contributed by atoms with Crippen molar-refractivity contribution in [1.29, 1.82) is 0 Å². The molecule has 0 heterocycles. The van der Waals surface area contributed by atoms with Gasteiger partial charge in [-0.1, -0.05) is 36.2 Å². The van der Waals surface area contributed by atoms with E-state index in [0.29, 0.717) is 16.3 Å². The number of nitrogens with zero attached hydrogens (tertiary/aromatic N) is 1. The summed E-state index contributed by atoms with van der Waals surface area (Å²) in [5.74, 6) is 1.39. The first-order valence-corrected chi connectivity index (χ1v) is 7.46. The van der Waals surface area contributed by atoms with E-state index in [9.17, 15) is 0 Å². The van der Waals surface area contributed by atoms with Crippen LogP contribution in [0, 0.1) is 5.92 Å². The summed E-state index contributed by atoms with van der Waals surface area (Å²) in [6.07, 6.45) is 5.89. The highest BCUT2D eigenvalue weighted by Gasteiger charge is 2.23. The van der Waals surface area contributed by atoms with E-state index in [1.165, 1.54) is 19.3 Å². The summed E-state index contributed by atoms with van der Waals surface area (Å²) in [4.78, 5) is 0. The minimum Gasteiger partial charge on any atom is -0.490 e. The van der Waals surface area contributed by atoms with Crippen LogP contribution in [0.1, 0.15) is 44.6 Å². The molecule has 0 aliphatic heterocycles. The second-order valence-corrected chi connectivity index (χ2v) is 5.67. The van der Waals surface area contributed by atoms with E-state index in [0.717, 1.165) is 18.8 Å². The standard InChI is InChI=1S/C15H21ClN2O2/c1-2-10-6-8-11(9-7-10)20-13-5-3-4-12(16)14(13)15(17)18-19/h3-5,10-11,19H,2,6-9H2,1H3,(H2,17,18). The Morgan fingerprint density at radius 3 is 2.70 bits per heavy atom. The lowest BCUT2D eigenvalue weighted by Gasteiger charge is -2.29. The van der Waals surface area contributed by atoms with Crippen molar-refractivity contribution in [3.63, 3.8) is 0 Å². The summed E-state index contributed by atoms with van der Waals surface area (Å²) < 4.78 is 6.03. The van der Waals surface area contributed by atoms with Gasteiger partial charge in [0.2, 0.25) is 0 Å². The van der Waals surface area contributed by atoms with Crippen molar-refractivity contribution in [2.75, 3.05) is 0 Å². The molecule has 1 fully saturated rings. The highest BCUT2D eigenvalue weighted by atomic mass is 35.5. The zero-order valence-electron chi connectivity index (χ0n) is 11.7. The third kappa shape index (κ3) is 3.37. The van der Waals surface area contributed by atoms with Crippen molar-refractivity contribution >= 4 is 17.4 Å².